The van der Waals surface area contributed by atoms with E-state index in [0.717, 1.165) is 37.2 Å². The molecular formula is C28H26ClN7O2. The second-order valence-corrected chi connectivity index (χ2v) is 9.09. The zero-order chi connectivity index (χ0) is 26.2. The maximum Gasteiger partial charge on any atom is 0.343 e. The normalized spacial score (nSPS) is 13.3. The zero-order valence-corrected chi connectivity index (χ0v) is 21.3. The molecule has 0 aliphatic carbocycles. The number of hydrogen-bond acceptors (Lipinski definition) is 9. The highest BCUT2D eigenvalue weighted by molar-refractivity contribution is 6.30. The molecule has 0 saturated carbocycles. The number of benzene rings is 3. The number of esters is 1. The molecule has 1 aliphatic heterocycles. The summed E-state index contributed by atoms with van der Waals surface area (Å²) >= 11 is 5.87. The van der Waals surface area contributed by atoms with E-state index in [4.69, 9.17) is 16.3 Å². The number of piperidine rings is 1. The third-order valence-electron chi connectivity index (χ3n) is 5.84. The highest BCUT2D eigenvalue weighted by atomic mass is 35.5. The molecule has 9 nitrogen and oxygen atoms in total. The molecule has 1 aliphatic rings. The summed E-state index contributed by atoms with van der Waals surface area (Å²) in [6.45, 7) is 1.82. The van der Waals surface area contributed by atoms with E-state index in [1.165, 1.54) is 6.42 Å². The lowest BCUT2D eigenvalue weighted by Gasteiger charge is -2.26. The fourth-order valence-corrected chi connectivity index (χ4v) is 4.02. The average molecular weight is 528 g/mol. The van der Waals surface area contributed by atoms with Gasteiger partial charge in [0.2, 0.25) is 17.8 Å². The van der Waals surface area contributed by atoms with Crippen molar-refractivity contribution in [3.05, 3.63) is 95.0 Å². The minimum absolute atomic E-state index is 0.337. The first kappa shape index (κ1) is 25.2. The third-order valence-corrected chi connectivity index (χ3v) is 6.09. The van der Waals surface area contributed by atoms with Gasteiger partial charge in [0.05, 0.1) is 11.8 Å². The number of para-hydroxylation sites is 1. The standard InChI is InChI=1S/C28H26ClN7O2/c29-22-13-11-21(12-14-22)25(37)38-24-15-9-20(10-16-24)19-30-35-27-32-26(31-23-7-3-1-4-8-23)33-28(34-27)36-17-5-2-6-18-36/h1,3-4,7-16,19H,2,5-6,17-18H2,(H2,31,32,33,34,35)/b30-19-. The Bertz CT molecular complexity index is 1390. The molecule has 0 spiro atoms. The van der Waals surface area contributed by atoms with Crippen molar-refractivity contribution in [2.75, 3.05) is 28.7 Å². The molecule has 2 N–H and O–H groups in total. The molecule has 0 atom stereocenters. The van der Waals surface area contributed by atoms with E-state index in [9.17, 15) is 4.79 Å². The predicted octanol–water partition coefficient (Wildman–Crippen LogP) is 5.92. The van der Waals surface area contributed by atoms with Crippen LogP contribution in [0.4, 0.5) is 23.5 Å². The van der Waals surface area contributed by atoms with Crippen molar-refractivity contribution < 1.29 is 9.53 Å². The molecule has 38 heavy (non-hydrogen) atoms. The smallest absolute Gasteiger partial charge is 0.343 e. The van der Waals surface area contributed by atoms with Crippen LogP contribution in [0.5, 0.6) is 5.75 Å². The molecular weight excluding hydrogens is 502 g/mol. The van der Waals surface area contributed by atoms with E-state index < -0.39 is 5.97 Å². The van der Waals surface area contributed by atoms with Crippen LogP contribution in [0.3, 0.4) is 0 Å². The van der Waals surface area contributed by atoms with Gasteiger partial charge in [-0.05, 0) is 85.5 Å². The van der Waals surface area contributed by atoms with Crippen LogP contribution in [0.1, 0.15) is 35.2 Å². The molecule has 3 aromatic carbocycles. The molecule has 0 amide bonds. The number of aromatic nitrogens is 3. The maximum atomic E-state index is 12.3. The van der Waals surface area contributed by atoms with Crippen LogP contribution >= 0.6 is 11.6 Å². The van der Waals surface area contributed by atoms with E-state index in [1.54, 1.807) is 54.7 Å². The van der Waals surface area contributed by atoms with E-state index in [2.05, 4.69) is 35.7 Å². The molecule has 10 heteroatoms. The van der Waals surface area contributed by atoms with Crippen molar-refractivity contribution in [2.24, 2.45) is 5.10 Å². The number of rotatable bonds is 8. The molecule has 0 radical (unpaired) electrons. The first-order valence-electron chi connectivity index (χ1n) is 12.3. The lowest BCUT2D eigenvalue weighted by Crippen LogP contribution is -2.31. The van der Waals surface area contributed by atoms with Crippen LogP contribution in [0, 0.1) is 0 Å². The van der Waals surface area contributed by atoms with E-state index >= 15 is 0 Å². The number of hydrogen-bond donors (Lipinski definition) is 2. The largest absolute Gasteiger partial charge is 0.423 e. The average Bonchev–Trinajstić information content (AvgIpc) is 2.95. The predicted molar refractivity (Wildman–Crippen MR) is 150 cm³/mol. The number of hydrazone groups is 1. The van der Waals surface area contributed by atoms with Crippen molar-refractivity contribution >= 4 is 47.3 Å². The van der Waals surface area contributed by atoms with Gasteiger partial charge in [-0.25, -0.2) is 10.2 Å². The summed E-state index contributed by atoms with van der Waals surface area (Å²) in [7, 11) is 0. The Morgan fingerprint density at radius 2 is 1.58 bits per heavy atom. The van der Waals surface area contributed by atoms with Crippen LogP contribution in [-0.4, -0.2) is 40.2 Å². The van der Waals surface area contributed by atoms with Crippen molar-refractivity contribution in [1.82, 2.24) is 15.0 Å². The first-order valence-corrected chi connectivity index (χ1v) is 12.7. The van der Waals surface area contributed by atoms with Gasteiger partial charge in [0.25, 0.3) is 0 Å². The first-order chi connectivity index (χ1) is 18.6. The fraction of sp³-hybridized carbons (Fsp3) is 0.179. The Morgan fingerprint density at radius 3 is 2.32 bits per heavy atom. The summed E-state index contributed by atoms with van der Waals surface area (Å²) in [5.74, 6) is 1.36. The van der Waals surface area contributed by atoms with Gasteiger partial charge in [0, 0.05) is 23.8 Å². The molecule has 2 heterocycles. The van der Waals surface area contributed by atoms with Gasteiger partial charge in [-0.1, -0.05) is 29.8 Å². The fourth-order valence-electron chi connectivity index (χ4n) is 3.89. The molecule has 4 aromatic rings. The minimum Gasteiger partial charge on any atom is -0.423 e. The van der Waals surface area contributed by atoms with Gasteiger partial charge >= 0.3 is 5.97 Å². The van der Waals surface area contributed by atoms with Gasteiger partial charge < -0.3 is 15.0 Å². The van der Waals surface area contributed by atoms with Crippen LogP contribution in [0.25, 0.3) is 0 Å². The maximum absolute atomic E-state index is 12.3. The Hall–Kier alpha value is -4.50. The van der Waals surface area contributed by atoms with Gasteiger partial charge in [0.15, 0.2) is 0 Å². The molecule has 1 fully saturated rings. The summed E-state index contributed by atoms with van der Waals surface area (Å²) in [6, 6.07) is 23.3. The van der Waals surface area contributed by atoms with Crippen LogP contribution in [0.2, 0.25) is 5.02 Å². The summed E-state index contributed by atoms with van der Waals surface area (Å²) in [5, 5.41) is 8.10. The molecule has 0 unspecified atom stereocenters. The topological polar surface area (TPSA) is 105 Å². The van der Waals surface area contributed by atoms with Crippen LogP contribution in [0.15, 0.2) is 84.0 Å². The molecule has 192 valence electrons. The Kier molecular flexibility index (Phi) is 8.05. The van der Waals surface area contributed by atoms with Crippen molar-refractivity contribution in [1.29, 1.82) is 0 Å². The molecule has 5 rings (SSSR count). The third kappa shape index (κ3) is 6.83. The minimum atomic E-state index is -0.455. The second-order valence-electron chi connectivity index (χ2n) is 8.66. The number of halogens is 1. The monoisotopic (exact) mass is 527 g/mol. The number of ether oxygens (including phenoxy) is 1. The lowest BCUT2D eigenvalue weighted by atomic mass is 10.1. The molecule has 1 saturated heterocycles. The summed E-state index contributed by atoms with van der Waals surface area (Å²) in [5.41, 5.74) is 5.03. The van der Waals surface area contributed by atoms with Gasteiger partial charge in [-0.2, -0.15) is 20.1 Å². The number of anilines is 4. The molecule has 1 aromatic heterocycles. The Balaban J connectivity index is 1.25. The molecule has 0 bridgehead atoms. The SMILES string of the molecule is O=C(Oc1ccc(/C=N\Nc2nc(Nc3ccccc3)nc(N3CCCCC3)n2)cc1)c1ccc(Cl)cc1. The Labute approximate surface area is 225 Å². The number of nitrogens with zero attached hydrogens (tertiary/aromatic N) is 5. The summed E-state index contributed by atoms with van der Waals surface area (Å²) in [4.78, 5) is 28.2. The van der Waals surface area contributed by atoms with E-state index in [-0.39, 0.29) is 0 Å². The van der Waals surface area contributed by atoms with Gasteiger partial charge in [0.1, 0.15) is 5.75 Å². The van der Waals surface area contributed by atoms with E-state index in [0.29, 0.717) is 34.2 Å². The highest BCUT2D eigenvalue weighted by Gasteiger charge is 2.16. The quantitative estimate of drug-likeness (QED) is 0.126. The van der Waals surface area contributed by atoms with Crippen molar-refractivity contribution in [3.8, 4) is 5.75 Å². The number of nitrogens with one attached hydrogen (secondary N) is 2. The van der Waals surface area contributed by atoms with Crippen LogP contribution < -0.4 is 20.4 Å². The van der Waals surface area contributed by atoms with Crippen LogP contribution in [-0.2, 0) is 0 Å². The summed E-state index contributed by atoms with van der Waals surface area (Å²) in [6.07, 6.45) is 5.07. The number of carbonyl (C=O) groups is 1. The van der Waals surface area contributed by atoms with Crippen molar-refractivity contribution in [3.63, 3.8) is 0 Å². The summed E-state index contributed by atoms with van der Waals surface area (Å²) < 4.78 is 5.42. The van der Waals surface area contributed by atoms with Crippen molar-refractivity contribution in [2.45, 2.75) is 19.3 Å². The van der Waals surface area contributed by atoms with E-state index in [1.807, 2.05) is 30.3 Å². The van der Waals surface area contributed by atoms with Gasteiger partial charge in [-0.3, -0.25) is 0 Å². The number of carbonyl (C=O) groups excluding carboxylic acids is 1. The second kappa shape index (κ2) is 12.2. The highest BCUT2D eigenvalue weighted by Crippen LogP contribution is 2.21. The Morgan fingerprint density at radius 1 is 0.868 bits per heavy atom. The zero-order valence-electron chi connectivity index (χ0n) is 20.5. The van der Waals surface area contributed by atoms with Gasteiger partial charge in [-0.15, -0.1) is 0 Å². The lowest BCUT2D eigenvalue weighted by molar-refractivity contribution is 0.0735.